The van der Waals surface area contributed by atoms with Gasteiger partial charge in [0.2, 0.25) is 0 Å². The van der Waals surface area contributed by atoms with E-state index in [0.717, 1.165) is 61.3 Å². The maximum atomic E-state index is 6.34. The van der Waals surface area contributed by atoms with Crippen molar-refractivity contribution in [1.29, 1.82) is 0 Å². The summed E-state index contributed by atoms with van der Waals surface area (Å²) < 4.78 is 6.34. The molecule has 0 amide bonds. The van der Waals surface area contributed by atoms with Gasteiger partial charge in [-0.15, -0.1) is 0 Å². The quantitative estimate of drug-likeness (QED) is 0.161. The van der Waals surface area contributed by atoms with E-state index in [4.69, 9.17) is 4.42 Å². The van der Waals surface area contributed by atoms with E-state index in [1.807, 2.05) is 12.1 Å². The summed E-state index contributed by atoms with van der Waals surface area (Å²) in [6.07, 6.45) is 0. The molecule has 1 aliphatic carbocycles. The molecule has 0 radical (unpaired) electrons. The summed E-state index contributed by atoms with van der Waals surface area (Å²) in [6, 6.07) is 76.9. The zero-order valence-corrected chi connectivity index (χ0v) is 33.1. The second kappa shape index (κ2) is 13.9. The number of anilines is 3. The molecule has 1 heterocycles. The number of rotatable bonds is 7. The molecule has 1 aliphatic rings. The summed E-state index contributed by atoms with van der Waals surface area (Å²) in [5, 5.41) is 2.25. The van der Waals surface area contributed by atoms with Crippen LogP contribution in [0.5, 0.6) is 0 Å². The Bertz CT molecular complexity index is 3210. The molecule has 0 spiro atoms. The first-order chi connectivity index (χ1) is 29.0. The maximum Gasteiger partial charge on any atom is 0.136 e. The van der Waals surface area contributed by atoms with Crippen molar-refractivity contribution < 1.29 is 4.42 Å². The zero-order chi connectivity index (χ0) is 39.5. The molecular formula is C57H41NO. The fourth-order valence-electron chi connectivity index (χ4n) is 9.46. The lowest BCUT2D eigenvalue weighted by molar-refractivity contribution is 0.660. The van der Waals surface area contributed by atoms with Gasteiger partial charge in [-0.05, 0) is 110 Å². The first-order valence-electron chi connectivity index (χ1n) is 20.4. The molecule has 0 N–H and O–H groups in total. The summed E-state index contributed by atoms with van der Waals surface area (Å²) in [5.74, 6) is 0. The number of para-hydroxylation sites is 2. The van der Waals surface area contributed by atoms with Crippen molar-refractivity contribution in [2.24, 2.45) is 0 Å². The highest BCUT2D eigenvalue weighted by Crippen LogP contribution is 2.51. The second-order valence-electron chi connectivity index (χ2n) is 16.1. The molecule has 9 aromatic carbocycles. The van der Waals surface area contributed by atoms with Crippen molar-refractivity contribution in [1.82, 2.24) is 0 Å². The van der Waals surface area contributed by atoms with Crippen LogP contribution in [0.2, 0.25) is 0 Å². The predicted molar refractivity (Wildman–Crippen MR) is 248 cm³/mol. The highest BCUT2D eigenvalue weighted by molar-refractivity contribution is 6.12. The molecule has 0 saturated heterocycles. The molecule has 0 fully saturated rings. The third-order valence-corrected chi connectivity index (χ3v) is 12.3. The Hall–Kier alpha value is -7.42. The Morgan fingerprint density at radius 1 is 0.356 bits per heavy atom. The number of nitrogens with zero attached hydrogens (tertiary/aromatic N) is 1. The van der Waals surface area contributed by atoms with Crippen LogP contribution in [0.3, 0.4) is 0 Å². The minimum absolute atomic E-state index is 0.0455. The van der Waals surface area contributed by atoms with Gasteiger partial charge in [-0.25, -0.2) is 0 Å². The first-order valence-corrected chi connectivity index (χ1v) is 20.4. The van der Waals surface area contributed by atoms with E-state index in [-0.39, 0.29) is 5.41 Å². The largest absolute Gasteiger partial charge is 0.456 e. The van der Waals surface area contributed by atoms with Gasteiger partial charge < -0.3 is 9.32 Å². The first kappa shape index (κ1) is 34.8. The van der Waals surface area contributed by atoms with Crippen LogP contribution < -0.4 is 4.90 Å². The number of furan rings is 1. The summed E-state index contributed by atoms with van der Waals surface area (Å²) in [7, 11) is 0. The van der Waals surface area contributed by atoms with Crippen molar-refractivity contribution in [3.63, 3.8) is 0 Å². The molecule has 0 bridgehead atoms. The van der Waals surface area contributed by atoms with Gasteiger partial charge in [0.25, 0.3) is 0 Å². The third-order valence-electron chi connectivity index (χ3n) is 12.3. The molecule has 0 unspecified atom stereocenters. The zero-order valence-electron chi connectivity index (χ0n) is 33.1. The van der Waals surface area contributed by atoms with Crippen LogP contribution in [0.25, 0.3) is 77.6 Å². The van der Waals surface area contributed by atoms with Gasteiger partial charge in [-0.2, -0.15) is 0 Å². The third kappa shape index (κ3) is 5.79. The lowest BCUT2D eigenvalue weighted by Gasteiger charge is -2.29. The van der Waals surface area contributed by atoms with Gasteiger partial charge in [0, 0.05) is 33.1 Å². The summed E-state index contributed by atoms with van der Waals surface area (Å²) >= 11 is 0. The minimum Gasteiger partial charge on any atom is -0.456 e. The van der Waals surface area contributed by atoms with E-state index in [2.05, 4.69) is 219 Å². The Kier molecular flexibility index (Phi) is 8.20. The standard InChI is InChI=1S/C57H41NO/c1-57(2)51-29-11-8-25-47(51)50-37-41(33-34-52(50)57)44-23-6-7-24-46(44)48-26-9-12-30-53(48)58(42-21-14-19-39(35-42)38-17-4-3-5-18-38)43-22-15-20-40(36-43)45-28-16-32-55-56(45)49-27-10-13-31-54(49)59-55/h3-37H,1-2H3. The van der Waals surface area contributed by atoms with E-state index in [1.165, 1.54) is 44.5 Å². The van der Waals surface area contributed by atoms with E-state index < -0.39 is 0 Å². The molecule has 280 valence electrons. The van der Waals surface area contributed by atoms with Crippen molar-refractivity contribution in [3.8, 4) is 55.6 Å². The average molecular weight is 756 g/mol. The van der Waals surface area contributed by atoms with Gasteiger partial charge in [0.05, 0.1) is 5.69 Å². The van der Waals surface area contributed by atoms with Crippen LogP contribution in [-0.4, -0.2) is 0 Å². The Morgan fingerprint density at radius 2 is 0.915 bits per heavy atom. The molecule has 0 aliphatic heterocycles. The highest BCUT2D eigenvalue weighted by atomic mass is 16.3. The van der Waals surface area contributed by atoms with E-state index >= 15 is 0 Å². The van der Waals surface area contributed by atoms with Crippen LogP contribution in [-0.2, 0) is 5.41 Å². The predicted octanol–water partition coefficient (Wildman–Crippen LogP) is 16.0. The molecule has 0 saturated carbocycles. The van der Waals surface area contributed by atoms with Crippen LogP contribution in [0.4, 0.5) is 17.1 Å². The van der Waals surface area contributed by atoms with Gasteiger partial charge in [-0.1, -0.05) is 178 Å². The molecule has 10 aromatic rings. The average Bonchev–Trinajstić information content (AvgIpc) is 3.79. The van der Waals surface area contributed by atoms with Crippen molar-refractivity contribution in [2.75, 3.05) is 4.90 Å². The normalized spacial score (nSPS) is 12.7. The van der Waals surface area contributed by atoms with Gasteiger partial charge in [0.1, 0.15) is 11.2 Å². The lowest BCUT2D eigenvalue weighted by Crippen LogP contribution is -2.14. The SMILES string of the molecule is CC1(C)c2ccccc2-c2cc(-c3ccccc3-c3ccccc3N(c3cccc(-c4ccccc4)c3)c3cccc(-c4cccc5oc6ccccc6c45)c3)ccc21. The molecule has 2 nitrogen and oxygen atoms in total. The van der Waals surface area contributed by atoms with Crippen LogP contribution in [0, 0.1) is 0 Å². The number of hydrogen-bond acceptors (Lipinski definition) is 2. The topological polar surface area (TPSA) is 16.4 Å². The molecule has 11 rings (SSSR count). The molecule has 59 heavy (non-hydrogen) atoms. The number of fused-ring (bicyclic) bond motifs is 6. The molecular weight excluding hydrogens is 715 g/mol. The van der Waals surface area contributed by atoms with Crippen molar-refractivity contribution in [3.05, 3.63) is 223 Å². The maximum absolute atomic E-state index is 6.34. The summed E-state index contributed by atoms with van der Waals surface area (Å²) in [4.78, 5) is 2.43. The van der Waals surface area contributed by atoms with E-state index in [0.29, 0.717) is 0 Å². The van der Waals surface area contributed by atoms with Crippen LogP contribution in [0.15, 0.2) is 217 Å². The van der Waals surface area contributed by atoms with E-state index in [9.17, 15) is 0 Å². The summed E-state index contributed by atoms with van der Waals surface area (Å²) in [6.45, 7) is 4.69. The number of benzene rings is 9. The second-order valence-corrected chi connectivity index (χ2v) is 16.1. The highest BCUT2D eigenvalue weighted by Gasteiger charge is 2.35. The molecule has 0 atom stereocenters. The lowest BCUT2D eigenvalue weighted by atomic mass is 9.82. The van der Waals surface area contributed by atoms with Crippen LogP contribution >= 0.6 is 0 Å². The summed E-state index contributed by atoms with van der Waals surface area (Å²) in [5.41, 5.74) is 19.8. The Labute approximate surface area is 345 Å². The van der Waals surface area contributed by atoms with Crippen LogP contribution in [0.1, 0.15) is 25.0 Å². The fraction of sp³-hybridized carbons (Fsp3) is 0.0526. The van der Waals surface area contributed by atoms with Gasteiger partial charge in [0.15, 0.2) is 0 Å². The van der Waals surface area contributed by atoms with Crippen molar-refractivity contribution >= 4 is 39.0 Å². The number of hydrogen-bond donors (Lipinski definition) is 0. The Balaban J connectivity index is 1.10. The molecule has 2 heteroatoms. The molecule has 1 aromatic heterocycles. The smallest absolute Gasteiger partial charge is 0.136 e. The monoisotopic (exact) mass is 755 g/mol. The minimum atomic E-state index is -0.0455. The van der Waals surface area contributed by atoms with Crippen molar-refractivity contribution in [2.45, 2.75) is 19.3 Å². The van der Waals surface area contributed by atoms with E-state index in [1.54, 1.807) is 0 Å². The van der Waals surface area contributed by atoms with Gasteiger partial charge in [-0.3, -0.25) is 0 Å². The fourth-order valence-corrected chi connectivity index (χ4v) is 9.46. The Morgan fingerprint density at radius 3 is 1.75 bits per heavy atom. The van der Waals surface area contributed by atoms with Gasteiger partial charge >= 0.3 is 0 Å².